The molecule has 2 aromatic heterocycles. The van der Waals surface area contributed by atoms with Crippen LogP contribution in [0.15, 0.2) is 24.7 Å². The number of carboxylic acid groups (broad SMARTS) is 1. The Hall–Kier alpha value is -2.21. The number of piperidine rings is 1. The number of hydrogen-bond acceptors (Lipinski definition) is 4. The lowest BCUT2D eigenvalue weighted by Gasteiger charge is -2.41. The molecule has 0 aromatic carbocycles. The van der Waals surface area contributed by atoms with Gasteiger partial charge in [-0.15, -0.1) is 0 Å². The van der Waals surface area contributed by atoms with Gasteiger partial charge in [0.05, 0.1) is 17.3 Å². The van der Waals surface area contributed by atoms with Crippen LogP contribution in [-0.4, -0.2) is 49.9 Å². The molecular weight excluding hydrogens is 328 g/mol. The summed E-state index contributed by atoms with van der Waals surface area (Å²) in [5, 5.41) is 14.1. The zero-order valence-corrected chi connectivity index (χ0v) is 15.3. The number of pyridine rings is 1. The van der Waals surface area contributed by atoms with E-state index in [9.17, 15) is 9.90 Å². The van der Waals surface area contributed by atoms with Crippen LogP contribution in [0.1, 0.15) is 65.3 Å². The number of nitrogens with zero attached hydrogens (tertiary/aromatic N) is 4. The minimum Gasteiger partial charge on any atom is -0.478 e. The lowest BCUT2D eigenvalue weighted by Crippen LogP contribution is -2.45. The average molecular weight is 354 g/mol. The van der Waals surface area contributed by atoms with Gasteiger partial charge in [-0.2, -0.15) is 5.10 Å². The number of rotatable bonds is 5. The molecule has 1 saturated carbocycles. The van der Waals surface area contributed by atoms with E-state index in [-0.39, 0.29) is 0 Å². The topological polar surface area (TPSA) is 71.2 Å². The van der Waals surface area contributed by atoms with E-state index in [4.69, 9.17) is 5.10 Å². The van der Waals surface area contributed by atoms with E-state index in [1.54, 1.807) is 12.3 Å². The van der Waals surface area contributed by atoms with Gasteiger partial charge in [-0.05, 0) is 49.8 Å². The van der Waals surface area contributed by atoms with E-state index in [1.807, 2.05) is 6.92 Å². The van der Waals surface area contributed by atoms with Gasteiger partial charge >= 0.3 is 5.97 Å². The zero-order valence-electron chi connectivity index (χ0n) is 15.3. The quantitative estimate of drug-likeness (QED) is 0.893. The van der Waals surface area contributed by atoms with Crippen molar-refractivity contribution in [3.63, 3.8) is 0 Å². The smallest absolute Gasteiger partial charge is 0.336 e. The Balaban J connectivity index is 1.45. The van der Waals surface area contributed by atoms with E-state index in [0.29, 0.717) is 18.0 Å². The van der Waals surface area contributed by atoms with Gasteiger partial charge in [0.1, 0.15) is 0 Å². The van der Waals surface area contributed by atoms with Crippen molar-refractivity contribution >= 4 is 5.97 Å². The summed E-state index contributed by atoms with van der Waals surface area (Å²) in [6, 6.07) is 2.84. The van der Waals surface area contributed by atoms with Crippen LogP contribution in [0.5, 0.6) is 0 Å². The molecule has 1 aliphatic carbocycles. The van der Waals surface area contributed by atoms with Crippen molar-refractivity contribution in [2.75, 3.05) is 13.1 Å². The number of carbonyl (C=O) groups is 1. The average Bonchev–Trinajstić information content (AvgIpc) is 2.95. The third kappa shape index (κ3) is 3.38. The van der Waals surface area contributed by atoms with Crippen LogP contribution >= 0.6 is 0 Å². The summed E-state index contributed by atoms with van der Waals surface area (Å²) >= 11 is 0. The van der Waals surface area contributed by atoms with Gasteiger partial charge in [-0.25, -0.2) is 4.79 Å². The number of hydrogen-bond donors (Lipinski definition) is 1. The molecule has 4 rings (SSSR count). The second kappa shape index (κ2) is 7.19. The molecule has 1 saturated heterocycles. The summed E-state index contributed by atoms with van der Waals surface area (Å²) in [5.41, 5.74) is 3.12. The van der Waals surface area contributed by atoms with Crippen LogP contribution in [0, 0.1) is 6.92 Å². The van der Waals surface area contributed by atoms with Crippen LogP contribution < -0.4 is 0 Å². The summed E-state index contributed by atoms with van der Waals surface area (Å²) in [4.78, 5) is 18.1. The van der Waals surface area contributed by atoms with E-state index < -0.39 is 5.97 Å². The summed E-state index contributed by atoms with van der Waals surface area (Å²) in [7, 11) is 0. The molecule has 1 N–H and O–H groups in total. The second-order valence-electron chi connectivity index (χ2n) is 7.59. The molecule has 0 amide bonds. The maximum absolute atomic E-state index is 11.4. The number of aromatic nitrogens is 3. The Morgan fingerprint density at radius 2 is 1.96 bits per heavy atom. The highest BCUT2D eigenvalue weighted by Crippen LogP contribution is 2.31. The lowest BCUT2D eigenvalue weighted by atomic mass is 9.89. The first kappa shape index (κ1) is 17.2. The van der Waals surface area contributed by atoms with Crippen molar-refractivity contribution in [1.82, 2.24) is 19.7 Å². The molecule has 2 fully saturated rings. The van der Waals surface area contributed by atoms with Crippen molar-refractivity contribution in [3.8, 4) is 0 Å². The van der Waals surface area contributed by atoms with Crippen LogP contribution in [-0.2, 0) is 6.42 Å². The van der Waals surface area contributed by atoms with Crippen molar-refractivity contribution in [2.24, 2.45) is 0 Å². The Kier molecular flexibility index (Phi) is 4.76. The third-order valence-electron chi connectivity index (χ3n) is 6.00. The molecule has 6 nitrogen and oxygen atoms in total. The fraction of sp³-hybridized carbons (Fsp3) is 0.550. The highest BCUT2D eigenvalue weighted by Gasteiger charge is 2.29. The summed E-state index contributed by atoms with van der Waals surface area (Å²) in [6.45, 7) is 4.33. The van der Waals surface area contributed by atoms with Crippen LogP contribution in [0.3, 0.4) is 0 Å². The van der Waals surface area contributed by atoms with Crippen LogP contribution in [0.4, 0.5) is 0 Å². The van der Waals surface area contributed by atoms with Crippen LogP contribution in [0.25, 0.3) is 0 Å². The zero-order chi connectivity index (χ0) is 18.1. The summed E-state index contributed by atoms with van der Waals surface area (Å²) in [6.07, 6.45) is 12.3. The molecule has 2 aromatic rings. The third-order valence-corrected chi connectivity index (χ3v) is 6.00. The predicted octanol–water partition coefficient (Wildman–Crippen LogP) is 3.06. The van der Waals surface area contributed by atoms with Gasteiger partial charge in [0, 0.05) is 44.1 Å². The molecule has 1 aliphatic heterocycles. The maximum atomic E-state index is 11.4. The highest BCUT2D eigenvalue weighted by atomic mass is 16.4. The molecule has 0 bridgehead atoms. The molecule has 0 atom stereocenters. The molecule has 0 unspecified atom stereocenters. The monoisotopic (exact) mass is 354 g/mol. The Morgan fingerprint density at radius 3 is 2.62 bits per heavy atom. The fourth-order valence-electron chi connectivity index (χ4n) is 4.13. The van der Waals surface area contributed by atoms with Crippen molar-refractivity contribution in [3.05, 3.63) is 47.0 Å². The van der Waals surface area contributed by atoms with E-state index >= 15 is 0 Å². The first-order valence-corrected chi connectivity index (χ1v) is 9.56. The predicted molar refractivity (Wildman–Crippen MR) is 98.4 cm³/mol. The van der Waals surface area contributed by atoms with Gasteiger partial charge in [-0.1, -0.05) is 6.42 Å². The molecule has 2 aliphatic rings. The molecular formula is C20H26N4O2. The van der Waals surface area contributed by atoms with Gasteiger partial charge in [0.15, 0.2) is 0 Å². The Morgan fingerprint density at radius 1 is 1.19 bits per heavy atom. The molecule has 0 spiro atoms. The maximum Gasteiger partial charge on any atom is 0.336 e. The summed E-state index contributed by atoms with van der Waals surface area (Å²) in [5.74, 6) is -0.907. The standard InChI is InChI=1S/C20H26N4O2/c1-14-16(11-15-12-21-8-5-19(15)20(25)26)13-24(22-14)18-6-9-23(10-7-18)17-3-2-4-17/h5,8,12-13,17-18H,2-4,6-7,9-11H2,1H3,(H,25,26). The van der Waals surface area contributed by atoms with Gasteiger partial charge in [-0.3, -0.25) is 9.67 Å². The second-order valence-corrected chi connectivity index (χ2v) is 7.59. The van der Waals surface area contributed by atoms with Gasteiger partial charge in [0.2, 0.25) is 0 Å². The largest absolute Gasteiger partial charge is 0.478 e. The van der Waals surface area contributed by atoms with E-state index in [0.717, 1.165) is 48.8 Å². The van der Waals surface area contributed by atoms with Crippen LogP contribution in [0.2, 0.25) is 0 Å². The number of aromatic carboxylic acids is 1. The number of likely N-dealkylation sites (tertiary alicyclic amines) is 1. The minimum absolute atomic E-state index is 0.320. The SMILES string of the molecule is Cc1nn(C2CCN(C3CCC3)CC2)cc1Cc1cnccc1C(=O)O. The molecule has 3 heterocycles. The fourth-order valence-corrected chi connectivity index (χ4v) is 4.13. The molecule has 26 heavy (non-hydrogen) atoms. The number of aryl methyl sites for hydroxylation is 1. The Labute approximate surface area is 153 Å². The normalized spacial score (nSPS) is 19.4. The first-order chi connectivity index (χ1) is 12.6. The summed E-state index contributed by atoms with van der Waals surface area (Å²) < 4.78 is 2.11. The van der Waals surface area contributed by atoms with E-state index in [2.05, 4.69) is 20.8 Å². The minimum atomic E-state index is -0.907. The molecule has 138 valence electrons. The van der Waals surface area contributed by atoms with Crippen molar-refractivity contribution < 1.29 is 9.90 Å². The lowest BCUT2D eigenvalue weighted by molar-refractivity contribution is 0.0695. The van der Waals surface area contributed by atoms with Crippen molar-refractivity contribution in [1.29, 1.82) is 0 Å². The first-order valence-electron chi connectivity index (χ1n) is 9.56. The number of carboxylic acids is 1. The van der Waals surface area contributed by atoms with Gasteiger partial charge in [0.25, 0.3) is 0 Å². The highest BCUT2D eigenvalue weighted by molar-refractivity contribution is 5.89. The van der Waals surface area contributed by atoms with Crippen molar-refractivity contribution in [2.45, 2.75) is 57.5 Å². The van der Waals surface area contributed by atoms with E-state index in [1.165, 1.54) is 25.5 Å². The van der Waals surface area contributed by atoms with Gasteiger partial charge < -0.3 is 10.0 Å². The Bertz CT molecular complexity index is 789. The molecule has 6 heteroatoms. The molecule has 0 radical (unpaired) electrons.